The van der Waals surface area contributed by atoms with Crippen molar-refractivity contribution < 1.29 is 26.4 Å². The molecule has 0 bridgehead atoms. The van der Waals surface area contributed by atoms with Crippen LogP contribution in [-0.4, -0.2) is 48.2 Å². The Labute approximate surface area is 172 Å². The van der Waals surface area contributed by atoms with E-state index in [9.17, 15) is 26.4 Å². The first-order valence-corrected chi connectivity index (χ1v) is 11.2. The van der Waals surface area contributed by atoms with Crippen LogP contribution in [0, 0.1) is 0 Å². The highest BCUT2D eigenvalue weighted by atomic mass is 32.2. The predicted molar refractivity (Wildman–Crippen MR) is 107 cm³/mol. The average molecular weight is 450 g/mol. The number of amides is 1. The third kappa shape index (κ3) is 5.77. The maximum Gasteiger partial charge on any atom is 0.398 e. The van der Waals surface area contributed by atoms with Crippen LogP contribution in [0.1, 0.15) is 24.3 Å². The number of para-hydroxylation sites is 1. The summed E-state index contributed by atoms with van der Waals surface area (Å²) in [5.41, 5.74) is 0.299. The molecule has 0 aliphatic carbocycles. The lowest BCUT2D eigenvalue weighted by Gasteiger charge is -2.17. The Balaban J connectivity index is 2.26. The largest absolute Gasteiger partial charge is 0.398 e. The molecule has 2 rings (SSSR count). The van der Waals surface area contributed by atoms with Crippen LogP contribution in [0.25, 0.3) is 0 Å². The smallest absolute Gasteiger partial charge is 0.345 e. The summed E-state index contributed by atoms with van der Waals surface area (Å²) in [6.07, 6.45) is -3.00. The second kappa shape index (κ2) is 9.23. The summed E-state index contributed by atoms with van der Waals surface area (Å²) in [5.74, 6) is -1.70. The normalized spacial score (nSPS) is 12.4. The van der Waals surface area contributed by atoms with Crippen molar-refractivity contribution in [3.63, 3.8) is 0 Å². The Kier molecular flexibility index (Phi) is 7.41. The van der Waals surface area contributed by atoms with Gasteiger partial charge in [-0.25, -0.2) is 8.42 Å². The van der Waals surface area contributed by atoms with E-state index in [1.165, 1.54) is 40.3 Å². The number of sulfonamides is 1. The molecular weight excluding hydrogens is 427 g/mol. The Hall–Kier alpha value is -1.98. The molecule has 1 N–H and O–H groups in total. The highest BCUT2D eigenvalue weighted by Crippen LogP contribution is 2.32. The molecule has 2 aromatic rings. The zero-order chi connectivity index (χ0) is 21.8. The van der Waals surface area contributed by atoms with Crippen molar-refractivity contribution >= 4 is 33.4 Å². The summed E-state index contributed by atoms with van der Waals surface area (Å²) in [5, 5.41) is 2.57. The second-order valence-corrected chi connectivity index (χ2v) is 9.07. The number of alkyl halides is 3. The maximum absolute atomic E-state index is 12.7. The molecule has 0 fully saturated rings. The summed E-state index contributed by atoms with van der Waals surface area (Å²) in [6.45, 7) is 4.01. The number of nitrogens with one attached hydrogen (secondary N) is 1. The summed E-state index contributed by atoms with van der Waals surface area (Å²) in [7, 11) is -2.21. The van der Waals surface area contributed by atoms with E-state index < -0.39 is 27.9 Å². The van der Waals surface area contributed by atoms with Crippen molar-refractivity contribution in [3.8, 4) is 0 Å². The van der Waals surface area contributed by atoms with Gasteiger partial charge < -0.3 is 9.88 Å². The monoisotopic (exact) mass is 449 g/mol. The standard InChI is InChI=1S/C18H22F3N3O3S2/c1-4-24(5-2)29(26,27)13-10-15(23(3)11-13)17(25)22-14-8-6-7-9-16(14)28-12-18(19,20)21/h6-11H,4-5,12H2,1-3H3,(H,22,25). The summed E-state index contributed by atoms with van der Waals surface area (Å²) >= 11 is 0.566. The number of nitrogens with zero attached hydrogens (tertiary/aromatic N) is 2. The molecule has 0 radical (unpaired) electrons. The molecule has 0 atom stereocenters. The SMILES string of the molecule is CCN(CC)S(=O)(=O)c1cc(C(=O)Nc2ccccc2SCC(F)(F)F)n(C)c1. The Morgan fingerprint density at radius 3 is 2.41 bits per heavy atom. The van der Waals surface area contributed by atoms with Crippen LogP contribution in [-0.2, 0) is 17.1 Å². The Bertz CT molecular complexity index is 968. The van der Waals surface area contributed by atoms with Crippen LogP contribution >= 0.6 is 11.8 Å². The number of aryl methyl sites for hydroxylation is 1. The van der Waals surface area contributed by atoms with Crippen LogP contribution < -0.4 is 5.32 Å². The molecular formula is C18H22F3N3O3S2. The van der Waals surface area contributed by atoms with Crippen molar-refractivity contribution in [1.29, 1.82) is 0 Å². The number of carbonyl (C=O) groups excluding carboxylic acids is 1. The third-order valence-electron chi connectivity index (χ3n) is 4.08. The summed E-state index contributed by atoms with van der Waals surface area (Å²) < 4.78 is 65.5. The fraction of sp³-hybridized carbons (Fsp3) is 0.389. The molecule has 1 aromatic carbocycles. The van der Waals surface area contributed by atoms with Crippen LogP contribution in [0.3, 0.4) is 0 Å². The molecule has 6 nitrogen and oxygen atoms in total. The number of hydrogen-bond acceptors (Lipinski definition) is 4. The van der Waals surface area contributed by atoms with Gasteiger partial charge in [0.2, 0.25) is 10.0 Å². The minimum absolute atomic E-state index is 0.0198. The van der Waals surface area contributed by atoms with Gasteiger partial charge in [-0.05, 0) is 18.2 Å². The van der Waals surface area contributed by atoms with Crippen molar-refractivity contribution in [2.24, 2.45) is 7.05 Å². The Morgan fingerprint density at radius 2 is 1.83 bits per heavy atom. The molecule has 0 saturated carbocycles. The van der Waals surface area contributed by atoms with Gasteiger partial charge in [0, 0.05) is 31.2 Å². The van der Waals surface area contributed by atoms with Gasteiger partial charge >= 0.3 is 6.18 Å². The minimum atomic E-state index is -4.34. The molecule has 1 aromatic heterocycles. The molecule has 0 saturated heterocycles. The predicted octanol–water partition coefficient (Wildman–Crippen LogP) is 3.96. The van der Waals surface area contributed by atoms with Gasteiger partial charge in [-0.15, -0.1) is 11.8 Å². The number of aromatic nitrogens is 1. The summed E-state index contributed by atoms with van der Waals surface area (Å²) in [6, 6.07) is 7.40. The van der Waals surface area contributed by atoms with E-state index in [4.69, 9.17) is 0 Å². The van der Waals surface area contributed by atoms with Crippen LogP contribution in [0.2, 0.25) is 0 Å². The first-order chi connectivity index (χ1) is 13.5. The van der Waals surface area contributed by atoms with E-state index in [-0.39, 0.29) is 21.2 Å². The molecule has 1 heterocycles. The van der Waals surface area contributed by atoms with Gasteiger partial charge in [-0.1, -0.05) is 26.0 Å². The first-order valence-electron chi connectivity index (χ1n) is 8.76. The van der Waals surface area contributed by atoms with Gasteiger partial charge in [0.1, 0.15) is 10.6 Å². The summed E-state index contributed by atoms with van der Waals surface area (Å²) in [4.78, 5) is 12.9. The van der Waals surface area contributed by atoms with Crippen LogP contribution in [0.5, 0.6) is 0 Å². The highest BCUT2D eigenvalue weighted by Gasteiger charge is 2.28. The average Bonchev–Trinajstić information content (AvgIpc) is 3.04. The molecule has 29 heavy (non-hydrogen) atoms. The lowest BCUT2D eigenvalue weighted by atomic mass is 10.3. The van der Waals surface area contributed by atoms with Gasteiger partial charge in [-0.3, -0.25) is 4.79 Å². The molecule has 0 unspecified atom stereocenters. The number of anilines is 1. The van der Waals surface area contributed by atoms with Crippen molar-refractivity contribution in [3.05, 3.63) is 42.2 Å². The fourth-order valence-electron chi connectivity index (χ4n) is 2.66. The molecule has 0 spiro atoms. The quantitative estimate of drug-likeness (QED) is 0.620. The van der Waals surface area contributed by atoms with Crippen LogP contribution in [0.4, 0.5) is 18.9 Å². The fourth-order valence-corrected chi connectivity index (χ4v) is 4.95. The molecule has 160 valence electrons. The highest BCUT2D eigenvalue weighted by molar-refractivity contribution is 7.99. The number of halogens is 3. The van der Waals surface area contributed by atoms with E-state index in [2.05, 4.69) is 5.32 Å². The lowest BCUT2D eigenvalue weighted by molar-refractivity contribution is -0.105. The van der Waals surface area contributed by atoms with E-state index in [1.807, 2.05) is 0 Å². The van der Waals surface area contributed by atoms with Crippen molar-refractivity contribution in [1.82, 2.24) is 8.87 Å². The van der Waals surface area contributed by atoms with Crippen molar-refractivity contribution in [2.45, 2.75) is 29.8 Å². The van der Waals surface area contributed by atoms with Gasteiger partial charge in [0.25, 0.3) is 5.91 Å². The number of rotatable bonds is 8. The first kappa shape index (κ1) is 23.3. The molecule has 0 aliphatic rings. The third-order valence-corrected chi connectivity index (χ3v) is 7.24. The van der Waals surface area contributed by atoms with Gasteiger partial charge in [0.15, 0.2) is 0 Å². The topological polar surface area (TPSA) is 71.4 Å². The maximum atomic E-state index is 12.7. The number of carbonyl (C=O) groups is 1. The van der Waals surface area contributed by atoms with E-state index in [1.54, 1.807) is 26.0 Å². The van der Waals surface area contributed by atoms with Crippen molar-refractivity contribution in [2.75, 3.05) is 24.2 Å². The van der Waals surface area contributed by atoms with Gasteiger partial charge in [-0.2, -0.15) is 17.5 Å². The van der Waals surface area contributed by atoms with E-state index >= 15 is 0 Å². The number of benzene rings is 1. The van der Waals surface area contributed by atoms with E-state index in [0.717, 1.165) is 0 Å². The zero-order valence-corrected chi connectivity index (χ0v) is 17.8. The van der Waals surface area contributed by atoms with Gasteiger partial charge in [0.05, 0.1) is 11.4 Å². The zero-order valence-electron chi connectivity index (χ0n) is 16.2. The number of hydrogen-bond donors (Lipinski definition) is 1. The van der Waals surface area contributed by atoms with E-state index in [0.29, 0.717) is 24.9 Å². The minimum Gasteiger partial charge on any atom is -0.345 e. The second-order valence-electron chi connectivity index (χ2n) is 6.12. The Morgan fingerprint density at radius 1 is 1.21 bits per heavy atom. The molecule has 11 heteroatoms. The van der Waals surface area contributed by atoms with Crippen LogP contribution in [0.15, 0.2) is 46.3 Å². The molecule has 0 aliphatic heterocycles. The number of thioether (sulfide) groups is 1. The lowest BCUT2D eigenvalue weighted by Crippen LogP contribution is -2.30. The molecule has 1 amide bonds.